The van der Waals surface area contributed by atoms with E-state index in [9.17, 15) is 9.59 Å². The minimum Gasteiger partial charge on any atom is -0.479 e. The van der Waals surface area contributed by atoms with Crippen LogP contribution >= 0.6 is 0 Å². The van der Waals surface area contributed by atoms with Gasteiger partial charge in [-0.1, -0.05) is 0 Å². The SMILES string of the molecule is C[C@@H]1Oc2cc(C(=O)O)ccc2NC1=O. The van der Waals surface area contributed by atoms with Gasteiger partial charge in [-0.15, -0.1) is 0 Å². The zero-order valence-corrected chi connectivity index (χ0v) is 7.98. The number of carbonyl (C=O) groups excluding carboxylic acids is 1. The van der Waals surface area contributed by atoms with Crippen molar-refractivity contribution >= 4 is 17.6 Å². The fourth-order valence-corrected chi connectivity index (χ4v) is 1.33. The van der Waals surface area contributed by atoms with Crippen LogP contribution in [0.15, 0.2) is 18.2 Å². The fraction of sp³-hybridized carbons (Fsp3) is 0.200. The Morgan fingerprint density at radius 3 is 2.93 bits per heavy atom. The highest BCUT2D eigenvalue weighted by Gasteiger charge is 2.24. The van der Waals surface area contributed by atoms with Gasteiger partial charge in [-0.2, -0.15) is 0 Å². The van der Waals surface area contributed by atoms with Gasteiger partial charge in [-0.25, -0.2) is 4.79 Å². The molecule has 1 aromatic carbocycles. The lowest BCUT2D eigenvalue weighted by molar-refractivity contribution is -0.122. The van der Waals surface area contributed by atoms with E-state index in [-0.39, 0.29) is 11.5 Å². The molecule has 1 atom stereocenters. The number of hydrogen-bond donors (Lipinski definition) is 2. The van der Waals surface area contributed by atoms with E-state index in [4.69, 9.17) is 9.84 Å². The lowest BCUT2D eigenvalue weighted by atomic mass is 10.1. The summed E-state index contributed by atoms with van der Waals surface area (Å²) >= 11 is 0. The second-order valence-electron chi connectivity index (χ2n) is 3.27. The topological polar surface area (TPSA) is 75.6 Å². The maximum absolute atomic E-state index is 11.2. The highest BCUT2D eigenvalue weighted by atomic mass is 16.5. The molecule has 2 rings (SSSR count). The molecule has 2 N–H and O–H groups in total. The fourth-order valence-electron chi connectivity index (χ4n) is 1.33. The predicted molar refractivity (Wildman–Crippen MR) is 52.1 cm³/mol. The van der Waals surface area contributed by atoms with Crippen LogP contribution in [0.2, 0.25) is 0 Å². The molecule has 1 heterocycles. The van der Waals surface area contributed by atoms with E-state index in [0.717, 1.165) is 0 Å². The number of fused-ring (bicyclic) bond motifs is 1. The van der Waals surface area contributed by atoms with Gasteiger partial charge in [0, 0.05) is 0 Å². The number of benzene rings is 1. The Morgan fingerprint density at radius 2 is 2.27 bits per heavy atom. The third-order valence-corrected chi connectivity index (χ3v) is 2.16. The van der Waals surface area contributed by atoms with Crippen LogP contribution in [-0.2, 0) is 4.79 Å². The Labute approximate surface area is 85.7 Å². The minimum absolute atomic E-state index is 0.136. The van der Waals surface area contributed by atoms with Crippen LogP contribution in [0, 0.1) is 0 Å². The molecule has 0 bridgehead atoms. The van der Waals surface area contributed by atoms with Crippen LogP contribution in [0.4, 0.5) is 5.69 Å². The summed E-state index contributed by atoms with van der Waals surface area (Å²) in [5, 5.41) is 11.4. The Balaban J connectivity index is 2.41. The van der Waals surface area contributed by atoms with E-state index in [1.165, 1.54) is 18.2 Å². The molecule has 0 saturated heterocycles. The van der Waals surface area contributed by atoms with Crippen molar-refractivity contribution in [3.63, 3.8) is 0 Å². The van der Waals surface area contributed by atoms with E-state index in [1.807, 2.05) is 0 Å². The average molecular weight is 207 g/mol. The monoisotopic (exact) mass is 207 g/mol. The largest absolute Gasteiger partial charge is 0.479 e. The van der Waals surface area contributed by atoms with Crippen LogP contribution in [0.5, 0.6) is 5.75 Å². The van der Waals surface area contributed by atoms with Gasteiger partial charge < -0.3 is 15.2 Å². The number of nitrogens with one attached hydrogen (secondary N) is 1. The Bertz CT molecular complexity index is 441. The molecule has 15 heavy (non-hydrogen) atoms. The molecule has 5 nitrogen and oxygen atoms in total. The first kappa shape index (κ1) is 9.51. The maximum Gasteiger partial charge on any atom is 0.335 e. The first-order chi connectivity index (χ1) is 7.08. The van der Waals surface area contributed by atoms with Gasteiger partial charge in [0.15, 0.2) is 6.10 Å². The first-order valence-corrected chi connectivity index (χ1v) is 4.43. The average Bonchev–Trinajstić information content (AvgIpc) is 2.19. The molecule has 0 radical (unpaired) electrons. The molecule has 0 saturated carbocycles. The Kier molecular flexibility index (Phi) is 2.07. The molecule has 78 valence electrons. The van der Waals surface area contributed by atoms with Crippen LogP contribution < -0.4 is 10.1 Å². The zero-order chi connectivity index (χ0) is 11.0. The number of amides is 1. The van der Waals surface area contributed by atoms with E-state index in [0.29, 0.717) is 11.4 Å². The molecule has 0 spiro atoms. The summed E-state index contributed by atoms with van der Waals surface area (Å²) in [6, 6.07) is 4.33. The predicted octanol–water partition coefficient (Wildman–Crippen LogP) is 1.10. The second-order valence-corrected chi connectivity index (χ2v) is 3.27. The number of ether oxygens (including phenoxy) is 1. The molecule has 1 amide bonds. The second kappa shape index (κ2) is 3.27. The normalized spacial score (nSPS) is 18.7. The lowest BCUT2D eigenvalue weighted by Gasteiger charge is -2.23. The quantitative estimate of drug-likeness (QED) is 0.723. The van der Waals surface area contributed by atoms with E-state index >= 15 is 0 Å². The molecule has 5 heteroatoms. The molecule has 0 aliphatic carbocycles. The van der Waals surface area contributed by atoms with Crippen molar-refractivity contribution in [3.05, 3.63) is 23.8 Å². The number of aromatic carboxylic acids is 1. The Morgan fingerprint density at radius 1 is 1.53 bits per heavy atom. The van der Waals surface area contributed by atoms with Gasteiger partial charge in [0.2, 0.25) is 0 Å². The van der Waals surface area contributed by atoms with Gasteiger partial charge in [0.05, 0.1) is 11.3 Å². The third kappa shape index (κ3) is 1.63. The minimum atomic E-state index is -1.02. The van der Waals surface area contributed by atoms with Crippen molar-refractivity contribution in [1.29, 1.82) is 0 Å². The number of hydrogen-bond acceptors (Lipinski definition) is 3. The van der Waals surface area contributed by atoms with Crippen molar-refractivity contribution < 1.29 is 19.4 Å². The summed E-state index contributed by atoms with van der Waals surface area (Å²) in [4.78, 5) is 21.9. The molecule has 0 aromatic heterocycles. The highest BCUT2D eigenvalue weighted by molar-refractivity contribution is 5.98. The molecule has 1 aromatic rings. The van der Waals surface area contributed by atoms with E-state index < -0.39 is 12.1 Å². The van der Waals surface area contributed by atoms with Gasteiger partial charge in [-0.3, -0.25) is 4.79 Å². The summed E-state index contributed by atoms with van der Waals surface area (Å²) < 4.78 is 5.26. The van der Waals surface area contributed by atoms with Crippen LogP contribution in [0.1, 0.15) is 17.3 Å². The van der Waals surface area contributed by atoms with Gasteiger partial charge in [0.1, 0.15) is 5.75 Å². The van der Waals surface area contributed by atoms with Crippen molar-refractivity contribution in [1.82, 2.24) is 0 Å². The Hall–Kier alpha value is -2.04. The summed E-state index contributed by atoms with van der Waals surface area (Å²) in [5.74, 6) is -0.862. The summed E-state index contributed by atoms with van der Waals surface area (Å²) in [6.45, 7) is 1.60. The molecular weight excluding hydrogens is 198 g/mol. The molecule has 1 aliphatic rings. The summed E-state index contributed by atoms with van der Waals surface area (Å²) in [7, 11) is 0. The maximum atomic E-state index is 11.2. The molecule has 0 unspecified atom stereocenters. The number of rotatable bonds is 1. The number of anilines is 1. The van der Waals surface area contributed by atoms with Crippen molar-refractivity contribution in [2.75, 3.05) is 5.32 Å². The van der Waals surface area contributed by atoms with Gasteiger partial charge in [-0.05, 0) is 25.1 Å². The molecular formula is C10H9NO4. The van der Waals surface area contributed by atoms with E-state index in [1.54, 1.807) is 6.92 Å². The van der Waals surface area contributed by atoms with Crippen LogP contribution in [-0.4, -0.2) is 23.1 Å². The van der Waals surface area contributed by atoms with Crippen molar-refractivity contribution in [2.45, 2.75) is 13.0 Å². The van der Waals surface area contributed by atoms with Crippen molar-refractivity contribution in [2.24, 2.45) is 0 Å². The van der Waals surface area contributed by atoms with Crippen LogP contribution in [0.3, 0.4) is 0 Å². The van der Waals surface area contributed by atoms with Crippen molar-refractivity contribution in [3.8, 4) is 5.75 Å². The number of carboxylic acids is 1. The van der Waals surface area contributed by atoms with Gasteiger partial charge in [0.25, 0.3) is 5.91 Å². The molecule has 1 aliphatic heterocycles. The summed E-state index contributed by atoms with van der Waals surface area (Å²) in [6.07, 6.45) is -0.596. The summed E-state index contributed by atoms with van der Waals surface area (Å²) in [5.41, 5.74) is 0.639. The number of carbonyl (C=O) groups is 2. The van der Waals surface area contributed by atoms with Gasteiger partial charge >= 0.3 is 5.97 Å². The van der Waals surface area contributed by atoms with Crippen LogP contribution in [0.25, 0.3) is 0 Å². The number of carboxylic acid groups (broad SMARTS) is 1. The lowest BCUT2D eigenvalue weighted by Crippen LogP contribution is -2.34. The highest BCUT2D eigenvalue weighted by Crippen LogP contribution is 2.30. The standard InChI is InChI=1S/C10H9NO4/c1-5-9(12)11-7-3-2-6(10(13)14)4-8(7)15-5/h2-5H,1H3,(H,11,12)(H,13,14)/t5-/m0/s1. The molecule has 0 fully saturated rings. The first-order valence-electron chi connectivity index (χ1n) is 4.43. The van der Waals surface area contributed by atoms with E-state index in [2.05, 4.69) is 5.32 Å². The zero-order valence-electron chi connectivity index (χ0n) is 7.98. The smallest absolute Gasteiger partial charge is 0.335 e. The third-order valence-electron chi connectivity index (χ3n) is 2.16.